The fourth-order valence-electron chi connectivity index (χ4n) is 2.35. The molecule has 0 bridgehead atoms. The van der Waals surface area contributed by atoms with Gasteiger partial charge in [-0.15, -0.1) is 0 Å². The lowest BCUT2D eigenvalue weighted by Crippen LogP contribution is -2.42. The van der Waals surface area contributed by atoms with E-state index in [1.54, 1.807) is 25.3 Å². The van der Waals surface area contributed by atoms with Crippen LogP contribution in [0.5, 0.6) is 5.75 Å². The quantitative estimate of drug-likeness (QED) is 0.800. The average Bonchev–Trinajstić information content (AvgIpc) is 2.86. The second-order valence-corrected chi connectivity index (χ2v) is 5.49. The van der Waals surface area contributed by atoms with Crippen molar-refractivity contribution in [2.24, 2.45) is 0 Å². The summed E-state index contributed by atoms with van der Waals surface area (Å²) in [5.74, 6) is 0.610. The highest BCUT2D eigenvalue weighted by Gasteiger charge is 2.31. The Hall–Kier alpha value is -1.46. The number of carbonyl (C=O) groups is 1. The molecule has 1 aliphatic carbocycles. The van der Waals surface area contributed by atoms with Crippen molar-refractivity contribution in [1.82, 2.24) is 5.32 Å². The Bertz CT molecular complexity index is 487. The molecule has 5 nitrogen and oxygen atoms in total. The monoisotopic (exact) mass is 298 g/mol. The fourth-order valence-corrected chi connectivity index (χ4v) is 2.51. The predicted molar refractivity (Wildman–Crippen MR) is 78.4 cm³/mol. The van der Waals surface area contributed by atoms with Crippen LogP contribution in [-0.4, -0.2) is 30.4 Å². The number of halogens is 1. The van der Waals surface area contributed by atoms with E-state index in [9.17, 15) is 9.90 Å². The van der Waals surface area contributed by atoms with Crippen molar-refractivity contribution in [2.45, 2.75) is 31.3 Å². The molecule has 0 saturated heterocycles. The molecule has 3 N–H and O–H groups in total. The molecular formula is C14H19ClN2O3. The molecule has 0 aliphatic heterocycles. The minimum Gasteiger partial charge on any atom is -0.497 e. The largest absolute Gasteiger partial charge is 0.497 e. The topological polar surface area (TPSA) is 70.6 Å². The van der Waals surface area contributed by atoms with Crippen LogP contribution < -0.4 is 15.4 Å². The molecule has 1 saturated carbocycles. The Labute approximate surface area is 123 Å². The lowest BCUT2D eigenvalue weighted by atomic mass is 10.0. The van der Waals surface area contributed by atoms with Gasteiger partial charge in [-0.2, -0.15) is 0 Å². The Morgan fingerprint density at radius 3 is 2.80 bits per heavy atom. The van der Waals surface area contributed by atoms with Crippen molar-refractivity contribution in [3.8, 4) is 5.75 Å². The van der Waals surface area contributed by atoms with E-state index in [0.717, 1.165) is 25.7 Å². The predicted octanol–water partition coefficient (Wildman–Crippen LogP) is 2.78. The van der Waals surface area contributed by atoms with Crippen molar-refractivity contribution in [3.05, 3.63) is 23.2 Å². The minimum atomic E-state index is -0.768. The number of nitrogens with one attached hydrogen (secondary N) is 2. The number of rotatable bonds is 4. The first kappa shape index (κ1) is 14.9. The summed E-state index contributed by atoms with van der Waals surface area (Å²) in [7, 11) is 1.54. The van der Waals surface area contributed by atoms with E-state index in [2.05, 4.69) is 10.6 Å². The molecule has 0 atom stereocenters. The Kier molecular flexibility index (Phi) is 4.73. The standard InChI is InChI=1S/C14H19ClN2O3/c1-20-10-4-5-11(15)12(8-10)17-13(18)16-9-14(19)6-2-3-7-14/h4-5,8,19H,2-3,6-7,9H2,1H3,(H2,16,17,18). The van der Waals surface area contributed by atoms with Crippen LogP contribution in [0.15, 0.2) is 18.2 Å². The normalized spacial score (nSPS) is 16.8. The molecule has 0 spiro atoms. The van der Waals surface area contributed by atoms with Crippen molar-refractivity contribution in [2.75, 3.05) is 19.0 Å². The number of aliphatic hydroxyl groups is 1. The van der Waals surface area contributed by atoms with E-state index in [1.165, 1.54) is 0 Å². The Balaban J connectivity index is 1.91. The van der Waals surface area contributed by atoms with E-state index >= 15 is 0 Å². The van der Waals surface area contributed by atoms with Gasteiger partial charge in [0.2, 0.25) is 0 Å². The highest BCUT2D eigenvalue weighted by atomic mass is 35.5. The first-order valence-corrected chi connectivity index (χ1v) is 7.01. The van der Waals surface area contributed by atoms with Crippen LogP contribution in [0.25, 0.3) is 0 Å². The summed E-state index contributed by atoms with van der Waals surface area (Å²) in [4.78, 5) is 11.8. The zero-order chi connectivity index (χ0) is 14.6. The van der Waals surface area contributed by atoms with Crippen molar-refractivity contribution in [3.63, 3.8) is 0 Å². The summed E-state index contributed by atoms with van der Waals surface area (Å²) in [6.45, 7) is 0.250. The van der Waals surface area contributed by atoms with Crippen LogP contribution in [0.1, 0.15) is 25.7 Å². The molecule has 6 heteroatoms. The van der Waals surface area contributed by atoms with Crippen LogP contribution in [0.3, 0.4) is 0 Å². The third kappa shape index (κ3) is 3.77. The van der Waals surface area contributed by atoms with Crippen LogP contribution in [-0.2, 0) is 0 Å². The highest BCUT2D eigenvalue weighted by Crippen LogP contribution is 2.29. The lowest BCUT2D eigenvalue weighted by molar-refractivity contribution is 0.0506. The van der Waals surface area contributed by atoms with Crippen molar-refractivity contribution < 1.29 is 14.6 Å². The molecule has 1 aromatic carbocycles. The third-order valence-electron chi connectivity index (χ3n) is 3.53. The molecule has 2 rings (SSSR count). The molecule has 0 heterocycles. The SMILES string of the molecule is COc1ccc(Cl)c(NC(=O)NCC2(O)CCCC2)c1. The van der Waals surface area contributed by atoms with Gasteiger partial charge in [0.15, 0.2) is 0 Å². The van der Waals surface area contributed by atoms with E-state index < -0.39 is 5.60 Å². The molecule has 1 fully saturated rings. The molecule has 0 unspecified atom stereocenters. The number of amides is 2. The van der Waals surface area contributed by atoms with Gasteiger partial charge in [-0.25, -0.2) is 4.79 Å². The van der Waals surface area contributed by atoms with E-state index in [0.29, 0.717) is 16.5 Å². The van der Waals surface area contributed by atoms with Gasteiger partial charge in [-0.05, 0) is 25.0 Å². The molecule has 20 heavy (non-hydrogen) atoms. The summed E-state index contributed by atoms with van der Waals surface area (Å²) in [5, 5.41) is 15.9. The maximum atomic E-state index is 11.8. The zero-order valence-electron chi connectivity index (χ0n) is 11.4. The maximum absolute atomic E-state index is 11.8. The van der Waals surface area contributed by atoms with Gasteiger partial charge in [0.25, 0.3) is 0 Å². The van der Waals surface area contributed by atoms with E-state index in [1.807, 2.05) is 0 Å². The first-order valence-electron chi connectivity index (χ1n) is 6.63. The Morgan fingerprint density at radius 2 is 2.15 bits per heavy atom. The Morgan fingerprint density at radius 1 is 1.45 bits per heavy atom. The van der Waals surface area contributed by atoms with Gasteiger partial charge in [0, 0.05) is 12.6 Å². The number of hydrogen-bond donors (Lipinski definition) is 3. The molecule has 0 radical (unpaired) electrons. The summed E-state index contributed by atoms with van der Waals surface area (Å²) < 4.78 is 5.08. The van der Waals surface area contributed by atoms with Crippen molar-refractivity contribution in [1.29, 1.82) is 0 Å². The molecule has 0 aromatic heterocycles. The second-order valence-electron chi connectivity index (χ2n) is 5.08. The van der Waals surface area contributed by atoms with Gasteiger partial charge in [-0.3, -0.25) is 0 Å². The summed E-state index contributed by atoms with van der Waals surface area (Å²) in [6, 6.07) is 4.62. The summed E-state index contributed by atoms with van der Waals surface area (Å²) in [5.41, 5.74) is -0.294. The maximum Gasteiger partial charge on any atom is 0.319 e. The van der Waals surface area contributed by atoms with Gasteiger partial charge in [-0.1, -0.05) is 24.4 Å². The number of anilines is 1. The van der Waals surface area contributed by atoms with Gasteiger partial charge in [0.05, 0.1) is 23.4 Å². The van der Waals surface area contributed by atoms with Crippen LogP contribution in [0.4, 0.5) is 10.5 Å². The third-order valence-corrected chi connectivity index (χ3v) is 3.86. The number of carbonyl (C=O) groups excluding carboxylic acids is 1. The second kappa shape index (κ2) is 6.33. The molecule has 1 aliphatic rings. The molecule has 1 aromatic rings. The fraction of sp³-hybridized carbons (Fsp3) is 0.500. The van der Waals surface area contributed by atoms with Crippen LogP contribution in [0.2, 0.25) is 5.02 Å². The van der Waals surface area contributed by atoms with Crippen LogP contribution in [0, 0.1) is 0 Å². The van der Waals surface area contributed by atoms with Gasteiger partial charge in [0.1, 0.15) is 5.75 Å². The molecular weight excluding hydrogens is 280 g/mol. The smallest absolute Gasteiger partial charge is 0.319 e. The summed E-state index contributed by atoms with van der Waals surface area (Å²) >= 11 is 6.00. The summed E-state index contributed by atoms with van der Waals surface area (Å²) in [6.07, 6.45) is 3.46. The lowest BCUT2D eigenvalue weighted by Gasteiger charge is -2.22. The average molecular weight is 299 g/mol. The minimum absolute atomic E-state index is 0.250. The molecule has 110 valence electrons. The number of urea groups is 1. The van der Waals surface area contributed by atoms with Gasteiger partial charge < -0.3 is 20.5 Å². The number of ether oxygens (including phenoxy) is 1. The highest BCUT2D eigenvalue weighted by molar-refractivity contribution is 6.33. The molecule has 2 amide bonds. The number of hydrogen-bond acceptors (Lipinski definition) is 3. The zero-order valence-corrected chi connectivity index (χ0v) is 12.2. The van der Waals surface area contributed by atoms with Crippen LogP contribution >= 0.6 is 11.6 Å². The van der Waals surface area contributed by atoms with Crippen molar-refractivity contribution >= 4 is 23.3 Å². The van der Waals surface area contributed by atoms with E-state index in [4.69, 9.17) is 16.3 Å². The number of benzene rings is 1. The van der Waals surface area contributed by atoms with E-state index in [-0.39, 0.29) is 12.6 Å². The number of methoxy groups -OCH3 is 1. The van der Waals surface area contributed by atoms with Gasteiger partial charge >= 0.3 is 6.03 Å². The first-order chi connectivity index (χ1) is 9.52.